The first kappa shape index (κ1) is 56.9. The van der Waals surface area contributed by atoms with Crippen molar-refractivity contribution in [3.05, 3.63) is 90.3 Å². The highest BCUT2D eigenvalue weighted by Gasteiger charge is 2.06. The standard InChI is InChI=1S/C54H91N3O.2HI/c58-48-33-27-21-15-9-3-6-12-18-24-30-39-54-42-36-47-57(51-54)45-32-26-20-14-8-2-5-11-17-23-29-38-53-41-35-46-56(50-53)44-31-25-19-13-7-1-4-10-16-22-28-37-52-40-34-43-55-49-52;;/h34-36,40-43,46-47,49-51,58H,1-33,37-39,44-45,48H2;2*1H/q+2;;/p-2. The van der Waals surface area contributed by atoms with Crippen LogP contribution >= 0.6 is 0 Å². The summed E-state index contributed by atoms with van der Waals surface area (Å²) in [6, 6.07) is 13.4. The Morgan fingerprint density at radius 2 is 0.650 bits per heavy atom. The molecule has 1 N–H and O–H groups in total. The smallest absolute Gasteiger partial charge is 0.171 e. The number of aryl methyl sites for hydroxylation is 5. The van der Waals surface area contributed by atoms with Gasteiger partial charge in [0.15, 0.2) is 24.8 Å². The van der Waals surface area contributed by atoms with Crippen molar-refractivity contribution in [1.29, 1.82) is 0 Å². The Balaban J connectivity index is 0.00000900. The number of hydrogen-bond acceptors (Lipinski definition) is 2. The van der Waals surface area contributed by atoms with Crippen molar-refractivity contribution in [3.8, 4) is 0 Å². The Labute approximate surface area is 405 Å². The van der Waals surface area contributed by atoms with Crippen LogP contribution < -0.4 is 57.1 Å². The van der Waals surface area contributed by atoms with Crippen molar-refractivity contribution in [2.24, 2.45) is 0 Å². The average molecular weight is 1050 g/mol. The molecule has 0 aliphatic heterocycles. The van der Waals surface area contributed by atoms with E-state index in [-0.39, 0.29) is 48.0 Å². The maximum absolute atomic E-state index is 8.86. The van der Waals surface area contributed by atoms with Gasteiger partial charge in [-0.15, -0.1) is 0 Å². The van der Waals surface area contributed by atoms with Crippen molar-refractivity contribution < 1.29 is 62.2 Å². The van der Waals surface area contributed by atoms with Crippen LogP contribution in [0, 0.1) is 0 Å². The second kappa shape index (κ2) is 43.1. The molecule has 3 aromatic rings. The number of unbranched alkanes of at least 4 members (excludes halogenated alkanes) is 30. The second-order valence-electron chi connectivity index (χ2n) is 17.9. The quantitative estimate of drug-likeness (QED) is 0.0352. The molecule has 0 aromatic carbocycles. The molecule has 0 radical (unpaired) electrons. The van der Waals surface area contributed by atoms with Crippen LogP contribution in [-0.4, -0.2) is 16.7 Å². The van der Waals surface area contributed by atoms with Crippen LogP contribution in [0.15, 0.2) is 73.6 Å². The maximum atomic E-state index is 8.86. The van der Waals surface area contributed by atoms with E-state index in [9.17, 15) is 0 Å². The van der Waals surface area contributed by atoms with Gasteiger partial charge < -0.3 is 53.1 Å². The van der Waals surface area contributed by atoms with Crippen molar-refractivity contribution in [1.82, 2.24) is 4.98 Å². The van der Waals surface area contributed by atoms with Crippen molar-refractivity contribution in [2.45, 2.75) is 244 Å². The van der Waals surface area contributed by atoms with Gasteiger partial charge >= 0.3 is 0 Å². The van der Waals surface area contributed by atoms with Crippen LogP contribution in [0.3, 0.4) is 0 Å². The monoisotopic (exact) mass is 1050 g/mol. The molecular formula is C54H91I2N3O. The fourth-order valence-corrected chi connectivity index (χ4v) is 8.73. The number of nitrogens with zero attached hydrogens (tertiary/aromatic N) is 3. The third-order valence-corrected chi connectivity index (χ3v) is 12.4. The van der Waals surface area contributed by atoms with E-state index in [1.165, 1.54) is 255 Å². The van der Waals surface area contributed by atoms with E-state index in [2.05, 4.69) is 75.3 Å². The topological polar surface area (TPSA) is 40.9 Å². The Bertz CT molecular complexity index is 1330. The molecule has 0 saturated heterocycles. The van der Waals surface area contributed by atoms with Gasteiger partial charge in [-0.1, -0.05) is 167 Å². The fourth-order valence-electron chi connectivity index (χ4n) is 8.73. The number of rotatable bonds is 41. The number of hydrogen-bond donors (Lipinski definition) is 1. The van der Waals surface area contributed by atoms with Crippen LogP contribution in [0.25, 0.3) is 0 Å². The lowest BCUT2D eigenvalue weighted by molar-refractivity contribution is -0.697. The lowest BCUT2D eigenvalue weighted by Gasteiger charge is -2.05. The molecule has 3 heterocycles. The zero-order chi connectivity index (χ0) is 40.7. The summed E-state index contributed by atoms with van der Waals surface area (Å²) in [6.07, 6.45) is 62.0. The summed E-state index contributed by atoms with van der Waals surface area (Å²) < 4.78 is 4.88. The van der Waals surface area contributed by atoms with E-state index in [0.717, 1.165) is 6.42 Å². The highest BCUT2D eigenvalue weighted by atomic mass is 127. The van der Waals surface area contributed by atoms with E-state index in [1.54, 1.807) is 0 Å². The molecule has 3 aromatic heterocycles. The largest absolute Gasteiger partial charge is 1.00 e. The maximum Gasteiger partial charge on any atom is 0.171 e. The van der Waals surface area contributed by atoms with Gasteiger partial charge in [0.2, 0.25) is 0 Å². The highest BCUT2D eigenvalue weighted by molar-refractivity contribution is 5.08. The van der Waals surface area contributed by atoms with E-state index >= 15 is 0 Å². The highest BCUT2D eigenvalue weighted by Crippen LogP contribution is 2.16. The molecule has 3 rings (SSSR count). The molecule has 0 aliphatic carbocycles. The van der Waals surface area contributed by atoms with Gasteiger partial charge in [-0.05, 0) is 81.5 Å². The summed E-state index contributed by atoms with van der Waals surface area (Å²) in [4.78, 5) is 4.22. The van der Waals surface area contributed by atoms with Crippen LogP contribution in [0.1, 0.15) is 229 Å². The van der Waals surface area contributed by atoms with Crippen molar-refractivity contribution in [2.75, 3.05) is 6.61 Å². The molecule has 0 amide bonds. The minimum absolute atomic E-state index is 0. The normalized spacial score (nSPS) is 11.1. The first-order chi connectivity index (χ1) is 28.8. The van der Waals surface area contributed by atoms with E-state index in [0.29, 0.717) is 6.61 Å². The molecule has 0 saturated carbocycles. The predicted octanol–water partition coefficient (Wildman–Crippen LogP) is 8.56. The molecule has 0 aliphatic rings. The summed E-state index contributed by atoms with van der Waals surface area (Å²) in [5.41, 5.74) is 4.43. The minimum atomic E-state index is 0. The lowest BCUT2D eigenvalue weighted by atomic mass is 10.0. The number of aliphatic hydroxyl groups is 1. The van der Waals surface area contributed by atoms with Crippen LogP contribution in [-0.2, 0) is 32.4 Å². The Morgan fingerprint density at radius 3 is 0.983 bits per heavy atom. The molecule has 60 heavy (non-hydrogen) atoms. The van der Waals surface area contributed by atoms with Crippen LogP contribution in [0.5, 0.6) is 0 Å². The SMILES string of the molecule is OCCCCCCCCCCCCCc1ccc[n+](CCCCCCCCCCCCCc2ccc[n+](CCCCCCCCCCCCCc3cccnc3)c2)c1.[I-].[I-]. The minimum Gasteiger partial charge on any atom is -1.00 e. The molecule has 342 valence electrons. The van der Waals surface area contributed by atoms with E-state index in [4.69, 9.17) is 5.11 Å². The zero-order valence-corrected chi connectivity index (χ0v) is 42.9. The van der Waals surface area contributed by atoms with Gasteiger partial charge in [-0.25, -0.2) is 9.13 Å². The summed E-state index contributed by atoms with van der Waals surface area (Å²) in [5, 5.41) is 8.86. The molecule has 0 fully saturated rings. The number of halogens is 2. The van der Waals surface area contributed by atoms with Gasteiger partial charge in [0.25, 0.3) is 0 Å². The second-order valence-corrected chi connectivity index (χ2v) is 17.9. The first-order valence-corrected chi connectivity index (χ1v) is 25.3. The van der Waals surface area contributed by atoms with Gasteiger partial charge in [-0.2, -0.15) is 0 Å². The first-order valence-electron chi connectivity index (χ1n) is 25.3. The van der Waals surface area contributed by atoms with Gasteiger partial charge in [0, 0.05) is 55.1 Å². The van der Waals surface area contributed by atoms with Gasteiger partial charge in [0.1, 0.15) is 13.1 Å². The number of pyridine rings is 3. The molecule has 0 spiro atoms. The summed E-state index contributed by atoms with van der Waals surface area (Å²) >= 11 is 0. The Morgan fingerprint density at radius 1 is 0.350 bits per heavy atom. The van der Waals surface area contributed by atoms with Gasteiger partial charge in [0.05, 0.1) is 0 Å². The zero-order valence-electron chi connectivity index (χ0n) is 38.6. The molecule has 6 heteroatoms. The van der Waals surface area contributed by atoms with Crippen molar-refractivity contribution in [3.63, 3.8) is 0 Å². The summed E-state index contributed by atoms with van der Waals surface area (Å²) in [5.74, 6) is 0. The summed E-state index contributed by atoms with van der Waals surface area (Å²) in [7, 11) is 0. The third-order valence-electron chi connectivity index (χ3n) is 12.4. The average Bonchev–Trinajstić information content (AvgIpc) is 3.25. The molecular weight excluding hydrogens is 960 g/mol. The third kappa shape index (κ3) is 33.4. The fraction of sp³-hybridized carbons (Fsp3) is 0.722. The van der Waals surface area contributed by atoms with Gasteiger partial charge in [-0.3, -0.25) is 4.98 Å². The van der Waals surface area contributed by atoms with E-state index in [1.807, 2.05) is 12.4 Å². The number of aliphatic hydroxyl groups excluding tert-OH is 1. The summed E-state index contributed by atoms with van der Waals surface area (Å²) in [6.45, 7) is 2.71. The Hall–Kier alpha value is -1.13. The Kier molecular flexibility index (Phi) is 40.9. The molecule has 4 nitrogen and oxygen atoms in total. The number of aromatic nitrogens is 3. The lowest BCUT2D eigenvalue weighted by Crippen LogP contribution is -3.00. The predicted molar refractivity (Wildman–Crippen MR) is 248 cm³/mol. The molecule has 0 atom stereocenters. The molecule has 0 unspecified atom stereocenters. The van der Waals surface area contributed by atoms with Crippen LogP contribution in [0.4, 0.5) is 0 Å². The van der Waals surface area contributed by atoms with Crippen molar-refractivity contribution >= 4 is 0 Å². The van der Waals surface area contributed by atoms with E-state index < -0.39 is 0 Å². The molecule has 0 bridgehead atoms. The van der Waals surface area contributed by atoms with Crippen LogP contribution in [0.2, 0.25) is 0 Å².